The molecule has 0 aromatic heterocycles. The van der Waals surface area contributed by atoms with Gasteiger partial charge in [0.15, 0.2) is 0 Å². The van der Waals surface area contributed by atoms with Crippen LogP contribution in [-0.4, -0.2) is 67.6 Å². The average molecular weight is 447 g/mol. The number of rotatable bonds is 10. The molecule has 1 amide bonds. The summed E-state index contributed by atoms with van der Waals surface area (Å²) in [5, 5.41) is 13.8. The van der Waals surface area contributed by atoms with Crippen LogP contribution in [0.2, 0.25) is 0 Å². The van der Waals surface area contributed by atoms with Gasteiger partial charge < -0.3 is 24.6 Å². The van der Waals surface area contributed by atoms with Crippen molar-refractivity contribution in [1.82, 2.24) is 10.2 Å². The van der Waals surface area contributed by atoms with Gasteiger partial charge in [0.2, 0.25) is 5.91 Å². The van der Waals surface area contributed by atoms with Crippen LogP contribution in [0.3, 0.4) is 0 Å². The second kappa shape index (κ2) is 11.8. The van der Waals surface area contributed by atoms with E-state index in [1.54, 1.807) is 12.1 Å². The van der Waals surface area contributed by atoms with Crippen molar-refractivity contribution in [2.75, 3.05) is 46.1 Å². The summed E-state index contributed by atoms with van der Waals surface area (Å²) in [5.74, 6) is 0.728. The van der Waals surface area contributed by atoms with Crippen molar-refractivity contribution in [3.63, 3.8) is 0 Å². The fourth-order valence-corrected chi connectivity index (χ4v) is 3.47. The SMILES string of the molecule is CC(=O)NCCCOc1ccc(CN2CCOC[C@](O)(COc3cccc(F)c3)C2)cc1. The van der Waals surface area contributed by atoms with Gasteiger partial charge in [0.1, 0.15) is 29.5 Å². The highest BCUT2D eigenvalue weighted by atomic mass is 19.1. The number of hydrogen-bond acceptors (Lipinski definition) is 6. The maximum atomic E-state index is 13.4. The molecule has 1 saturated heterocycles. The minimum Gasteiger partial charge on any atom is -0.494 e. The van der Waals surface area contributed by atoms with Gasteiger partial charge >= 0.3 is 0 Å². The maximum Gasteiger partial charge on any atom is 0.216 e. The Morgan fingerprint density at radius 3 is 2.78 bits per heavy atom. The molecule has 2 N–H and O–H groups in total. The number of aliphatic hydroxyl groups is 1. The molecule has 0 bridgehead atoms. The highest BCUT2D eigenvalue weighted by molar-refractivity contribution is 5.72. The molecule has 0 radical (unpaired) electrons. The van der Waals surface area contributed by atoms with E-state index < -0.39 is 5.60 Å². The molecule has 0 spiro atoms. The van der Waals surface area contributed by atoms with Crippen LogP contribution >= 0.6 is 0 Å². The van der Waals surface area contributed by atoms with Gasteiger partial charge in [-0.3, -0.25) is 9.69 Å². The highest BCUT2D eigenvalue weighted by Crippen LogP contribution is 2.20. The zero-order valence-electron chi connectivity index (χ0n) is 18.4. The first-order valence-electron chi connectivity index (χ1n) is 10.8. The average Bonchev–Trinajstić information content (AvgIpc) is 2.94. The molecule has 2 aromatic carbocycles. The predicted molar refractivity (Wildman–Crippen MR) is 118 cm³/mol. The smallest absolute Gasteiger partial charge is 0.216 e. The molecular weight excluding hydrogens is 415 g/mol. The molecule has 1 aliphatic rings. The van der Waals surface area contributed by atoms with E-state index in [2.05, 4.69) is 10.2 Å². The van der Waals surface area contributed by atoms with Crippen molar-refractivity contribution in [2.45, 2.75) is 25.5 Å². The number of carbonyl (C=O) groups excluding carboxylic acids is 1. The van der Waals surface area contributed by atoms with Crippen LogP contribution in [0.5, 0.6) is 11.5 Å². The Morgan fingerprint density at radius 2 is 2.03 bits per heavy atom. The number of nitrogens with zero attached hydrogens (tertiary/aromatic N) is 1. The summed E-state index contributed by atoms with van der Waals surface area (Å²) in [6, 6.07) is 13.7. The first-order chi connectivity index (χ1) is 15.4. The highest BCUT2D eigenvalue weighted by Gasteiger charge is 2.33. The molecular formula is C24H31FN2O5. The number of β-amino-alcohol motifs (C(OH)–C–C–N with tert-alkyl or cyclic N) is 1. The monoisotopic (exact) mass is 446 g/mol. The third-order valence-corrected chi connectivity index (χ3v) is 5.04. The standard InChI is InChI=1S/C24H31FN2O5/c1-19(28)26-10-3-12-31-22-8-6-20(7-9-22)15-27-11-13-30-17-24(29,16-27)18-32-23-5-2-4-21(25)14-23/h2,4-9,14,29H,3,10-13,15-18H2,1H3,(H,26,28)/t24-/m0/s1. The second-order valence-corrected chi connectivity index (χ2v) is 8.06. The van der Waals surface area contributed by atoms with Crippen molar-refractivity contribution >= 4 is 5.91 Å². The second-order valence-electron chi connectivity index (χ2n) is 8.06. The Bertz CT molecular complexity index is 864. The van der Waals surface area contributed by atoms with Gasteiger partial charge in [-0.15, -0.1) is 0 Å². The normalized spacial score (nSPS) is 19.2. The van der Waals surface area contributed by atoms with Crippen molar-refractivity contribution in [3.05, 3.63) is 59.9 Å². The van der Waals surface area contributed by atoms with Gasteiger partial charge in [-0.25, -0.2) is 4.39 Å². The van der Waals surface area contributed by atoms with Crippen LogP contribution in [-0.2, 0) is 16.1 Å². The number of carbonyl (C=O) groups is 1. The molecule has 1 atom stereocenters. The van der Waals surface area contributed by atoms with E-state index in [0.717, 1.165) is 17.7 Å². The lowest BCUT2D eigenvalue weighted by Crippen LogP contribution is -2.48. The molecule has 0 saturated carbocycles. The Hall–Kier alpha value is -2.68. The van der Waals surface area contributed by atoms with E-state index in [0.29, 0.717) is 45.1 Å². The van der Waals surface area contributed by atoms with E-state index in [9.17, 15) is 14.3 Å². The Labute approximate surface area is 188 Å². The largest absolute Gasteiger partial charge is 0.494 e. The van der Waals surface area contributed by atoms with Crippen LogP contribution in [0.4, 0.5) is 4.39 Å². The van der Waals surface area contributed by atoms with Crippen LogP contribution < -0.4 is 14.8 Å². The molecule has 7 nitrogen and oxygen atoms in total. The van der Waals surface area contributed by atoms with Crippen LogP contribution in [0.15, 0.2) is 48.5 Å². The van der Waals surface area contributed by atoms with Crippen molar-refractivity contribution < 1.29 is 28.5 Å². The summed E-state index contributed by atoms with van der Waals surface area (Å²) in [7, 11) is 0. The molecule has 32 heavy (non-hydrogen) atoms. The van der Waals surface area contributed by atoms with Crippen molar-refractivity contribution in [2.24, 2.45) is 0 Å². The fourth-order valence-electron chi connectivity index (χ4n) is 3.47. The molecule has 174 valence electrons. The third-order valence-electron chi connectivity index (χ3n) is 5.04. The third kappa shape index (κ3) is 8.11. The van der Waals surface area contributed by atoms with E-state index in [1.807, 2.05) is 24.3 Å². The van der Waals surface area contributed by atoms with E-state index >= 15 is 0 Å². The molecule has 1 aliphatic heterocycles. The maximum absolute atomic E-state index is 13.4. The van der Waals surface area contributed by atoms with Crippen molar-refractivity contribution in [3.8, 4) is 11.5 Å². The summed E-state index contributed by atoms with van der Waals surface area (Å²) < 4.78 is 30.3. The predicted octanol–water partition coefficient (Wildman–Crippen LogP) is 2.37. The number of benzene rings is 2. The van der Waals surface area contributed by atoms with Gasteiger partial charge in [0.05, 0.1) is 19.8 Å². The summed E-state index contributed by atoms with van der Waals surface area (Å²) in [6.07, 6.45) is 0.741. The van der Waals surface area contributed by atoms with Gasteiger partial charge in [-0.05, 0) is 36.2 Å². The summed E-state index contributed by atoms with van der Waals surface area (Å²) in [4.78, 5) is 13.0. The number of nitrogens with one attached hydrogen (secondary N) is 1. The molecule has 0 unspecified atom stereocenters. The van der Waals surface area contributed by atoms with Gasteiger partial charge in [0.25, 0.3) is 0 Å². The Morgan fingerprint density at radius 1 is 1.22 bits per heavy atom. The Kier molecular flexibility index (Phi) is 8.84. The summed E-state index contributed by atoms with van der Waals surface area (Å²) >= 11 is 0. The van der Waals surface area contributed by atoms with Gasteiger partial charge in [-0.1, -0.05) is 18.2 Å². The van der Waals surface area contributed by atoms with Gasteiger partial charge in [0, 0.05) is 39.2 Å². The molecule has 1 fully saturated rings. The van der Waals surface area contributed by atoms with Crippen molar-refractivity contribution in [1.29, 1.82) is 0 Å². The Balaban J connectivity index is 1.48. The van der Waals surface area contributed by atoms with Gasteiger partial charge in [-0.2, -0.15) is 0 Å². The first kappa shape index (κ1) is 24.0. The van der Waals surface area contributed by atoms with E-state index in [-0.39, 0.29) is 24.9 Å². The summed E-state index contributed by atoms with van der Waals surface area (Å²) in [5.41, 5.74) is -0.106. The number of halogens is 1. The molecule has 1 heterocycles. The first-order valence-corrected chi connectivity index (χ1v) is 10.8. The topological polar surface area (TPSA) is 80.3 Å². The van der Waals surface area contributed by atoms with E-state index in [1.165, 1.54) is 19.1 Å². The lowest BCUT2D eigenvalue weighted by molar-refractivity contribution is -0.118. The number of amides is 1. The lowest BCUT2D eigenvalue weighted by Gasteiger charge is -2.30. The molecule has 3 rings (SSSR count). The zero-order valence-corrected chi connectivity index (χ0v) is 18.4. The zero-order chi connectivity index (χ0) is 22.8. The molecule has 0 aliphatic carbocycles. The quantitative estimate of drug-likeness (QED) is 0.546. The minimum atomic E-state index is -1.19. The van der Waals surface area contributed by atoms with Crippen LogP contribution in [0, 0.1) is 5.82 Å². The molecule has 2 aromatic rings. The lowest BCUT2D eigenvalue weighted by atomic mass is 10.1. The summed E-state index contributed by atoms with van der Waals surface area (Å²) in [6.45, 7) is 5.01. The fraction of sp³-hybridized carbons (Fsp3) is 0.458. The number of hydrogen-bond donors (Lipinski definition) is 2. The number of ether oxygens (including phenoxy) is 3. The minimum absolute atomic E-state index is 0.0121. The van der Waals surface area contributed by atoms with E-state index in [4.69, 9.17) is 14.2 Å². The molecule has 8 heteroatoms. The van der Waals surface area contributed by atoms with Crippen LogP contribution in [0.25, 0.3) is 0 Å². The van der Waals surface area contributed by atoms with Crippen LogP contribution in [0.1, 0.15) is 18.9 Å².